The van der Waals surface area contributed by atoms with E-state index in [1.165, 1.54) is 12.8 Å². The van der Waals surface area contributed by atoms with Crippen LogP contribution in [0.15, 0.2) is 30.3 Å². The summed E-state index contributed by atoms with van der Waals surface area (Å²) >= 11 is 0. The second-order valence-electron chi connectivity index (χ2n) is 5.60. The molecule has 1 heterocycles. The molecule has 90 valence electrons. The van der Waals surface area contributed by atoms with Gasteiger partial charge >= 0.3 is 5.97 Å². The Morgan fingerprint density at radius 3 is 2.35 bits per heavy atom. The predicted octanol–water partition coefficient (Wildman–Crippen LogP) is 2.08. The van der Waals surface area contributed by atoms with Gasteiger partial charge in [0.25, 0.3) is 0 Å². The zero-order chi connectivity index (χ0) is 12.1. The van der Waals surface area contributed by atoms with Crippen molar-refractivity contribution in [3.05, 3.63) is 35.9 Å². The summed E-state index contributed by atoms with van der Waals surface area (Å²) in [6.45, 7) is 3.69. The van der Waals surface area contributed by atoms with E-state index in [0.717, 1.165) is 18.7 Å². The van der Waals surface area contributed by atoms with E-state index in [9.17, 15) is 9.90 Å². The van der Waals surface area contributed by atoms with Gasteiger partial charge in [-0.25, -0.2) is 4.79 Å². The lowest BCUT2D eigenvalue weighted by Crippen LogP contribution is -2.61. The van der Waals surface area contributed by atoms with E-state index >= 15 is 0 Å². The minimum atomic E-state index is -0.866. The summed E-state index contributed by atoms with van der Waals surface area (Å²) in [5.74, 6) is -0.751. The number of rotatable bonds is 3. The zero-order valence-electron chi connectivity index (χ0n) is 10.0. The molecule has 1 saturated heterocycles. The van der Waals surface area contributed by atoms with E-state index in [1.807, 2.05) is 37.3 Å². The molecular weight excluding hydrogens is 214 g/mol. The van der Waals surface area contributed by atoms with Crippen molar-refractivity contribution in [2.45, 2.75) is 25.3 Å². The van der Waals surface area contributed by atoms with Gasteiger partial charge in [0, 0.05) is 13.1 Å². The number of nitrogens with zero attached hydrogens (tertiary/aromatic N) is 1. The molecule has 17 heavy (non-hydrogen) atoms. The van der Waals surface area contributed by atoms with Crippen molar-refractivity contribution in [1.82, 2.24) is 4.90 Å². The van der Waals surface area contributed by atoms with Gasteiger partial charge in [0.05, 0.1) is 0 Å². The molecular formula is C14H17NO2. The Balaban J connectivity index is 1.91. The Bertz CT molecular complexity index is 445. The summed E-state index contributed by atoms with van der Waals surface area (Å²) in [4.78, 5) is 13.7. The van der Waals surface area contributed by atoms with Crippen LogP contribution in [0.4, 0.5) is 0 Å². The lowest BCUT2D eigenvalue weighted by molar-refractivity contribution is -0.158. The summed E-state index contributed by atoms with van der Waals surface area (Å²) in [6, 6.07) is 9.55. The summed E-state index contributed by atoms with van der Waals surface area (Å²) < 4.78 is 0. The molecule has 3 rings (SSSR count). The third kappa shape index (κ3) is 1.49. The first kappa shape index (κ1) is 10.8. The molecule has 0 aromatic heterocycles. The minimum Gasteiger partial charge on any atom is -0.480 e. The smallest absolute Gasteiger partial charge is 0.328 e. The number of aliphatic carboxylic acids is 1. The number of hydrogen-bond acceptors (Lipinski definition) is 2. The highest BCUT2D eigenvalue weighted by Crippen LogP contribution is 2.56. The molecule has 1 N–H and O–H groups in total. The third-order valence-electron chi connectivity index (χ3n) is 4.39. The van der Waals surface area contributed by atoms with Crippen LogP contribution in [0.2, 0.25) is 0 Å². The highest BCUT2D eigenvalue weighted by molar-refractivity contribution is 5.80. The molecule has 2 aliphatic rings. The number of carbonyl (C=O) groups is 1. The number of carboxylic acids is 1. The average Bonchev–Trinajstić information content (AvgIpc) is 3.07. The number of benzene rings is 1. The second kappa shape index (κ2) is 3.33. The fraction of sp³-hybridized carbons (Fsp3) is 0.500. The molecule has 1 aromatic carbocycles. The van der Waals surface area contributed by atoms with Crippen LogP contribution in [0.3, 0.4) is 0 Å². The summed E-state index contributed by atoms with van der Waals surface area (Å²) in [5, 5.41) is 9.57. The summed E-state index contributed by atoms with van der Waals surface area (Å²) in [5.41, 5.74) is 0.489. The first-order valence-electron chi connectivity index (χ1n) is 6.11. The van der Waals surface area contributed by atoms with Crippen LogP contribution in [0.5, 0.6) is 0 Å². The number of likely N-dealkylation sites (tertiary alicyclic amines) is 1. The van der Waals surface area contributed by atoms with Crippen LogP contribution in [0, 0.1) is 5.41 Å². The Morgan fingerprint density at radius 2 is 1.88 bits per heavy atom. The molecule has 0 bridgehead atoms. The van der Waals surface area contributed by atoms with Crippen LogP contribution in [-0.4, -0.2) is 29.1 Å². The normalized spacial score (nSPS) is 25.0. The molecule has 1 aliphatic carbocycles. The van der Waals surface area contributed by atoms with E-state index in [-0.39, 0.29) is 0 Å². The lowest BCUT2D eigenvalue weighted by Gasteiger charge is -2.49. The quantitative estimate of drug-likeness (QED) is 0.866. The standard InChI is InChI=1S/C14H17NO2/c1-13(12(16)17,11-5-3-2-4-6-11)15-9-14(10-15)7-8-14/h2-6H,7-10H2,1H3,(H,16,17). The average molecular weight is 231 g/mol. The van der Waals surface area contributed by atoms with Gasteiger partial charge in [-0.05, 0) is 30.7 Å². The van der Waals surface area contributed by atoms with Gasteiger partial charge in [-0.3, -0.25) is 4.90 Å². The highest BCUT2D eigenvalue weighted by Gasteiger charge is 2.58. The van der Waals surface area contributed by atoms with Gasteiger partial charge in [-0.15, -0.1) is 0 Å². The molecule has 1 unspecified atom stereocenters. The van der Waals surface area contributed by atoms with Crippen LogP contribution in [0.1, 0.15) is 25.3 Å². The molecule has 1 aromatic rings. The lowest BCUT2D eigenvalue weighted by atomic mass is 9.83. The minimum absolute atomic E-state index is 0.478. The second-order valence-corrected chi connectivity index (χ2v) is 5.60. The monoisotopic (exact) mass is 231 g/mol. The third-order valence-corrected chi connectivity index (χ3v) is 4.39. The first-order chi connectivity index (χ1) is 8.07. The van der Waals surface area contributed by atoms with Crippen LogP contribution in [-0.2, 0) is 10.3 Å². The van der Waals surface area contributed by atoms with E-state index in [4.69, 9.17) is 0 Å². The largest absolute Gasteiger partial charge is 0.480 e. The fourth-order valence-electron chi connectivity index (χ4n) is 2.78. The summed E-state index contributed by atoms with van der Waals surface area (Å²) in [7, 11) is 0. The Morgan fingerprint density at radius 1 is 1.29 bits per heavy atom. The Labute approximate surface area is 101 Å². The van der Waals surface area contributed by atoms with Crippen LogP contribution in [0.25, 0.3) is 0 Å². The Kier molecular flexibility index (Phi) is 2.11. The van der Waals surface area contributed by atoms with Crippen molar-refractivity contribution in [3.8, 4) is 0 Å². The first-order valence-corrected chi connectivity index (χ1v) is 6.11. The molecule has 2 fully saturated rings. The van der Waals surface area contributed by atoms with E-state index in [1.54, 1.807) is 0 Å². The maximum absolute atomic E-state index is 11.6. The van der Waals surface area contributed by atoms with Gasteiger partial charge in [-0.2, -0.15) is 0 Å². The van der Waals surface area contributed by atoms with Crippen molar-refractivity contribution in [3.63, 3.8) is 0 Å². The molecule has 0 amide bonds. The predicted molar refractivity (Wildman–Crippen MR) is 64.7 cm³/mol. The maximum Gasteiger partial charge on any atom is 0.328 e. The van der Waals surface area contributed by atoms with Crippen molar-refractivity contribution >= 4 is 5.97 Å². The molecule has 0 radical (unpaired) electrons. The van der Waals surface area contributed by atoms with Crippen LogP contribution < -0.4 is 0 Å². The molecule has 3 heteroatoms. The SMILES string of the molecule is CC(C(=O)O)(c1ccccc1)N1CC2(CC2)C1. The maximum atomic E-state index is 11.6. The van der Waals surface area contributed by atoms with Crippen LogP contribution >= 0.6 is 0 Å². The van der Waals surface area contributed by atoms with Gasteiger partial charge in [0.1, 0.15) is 5.54 Å². The molecule has 1 saturated carbocycles. The topological polar surface area (TPSA) is 40.5 Å². The van der Waals surface area contributed by atoms with Gasteiger partial charge in [-0.1, -0.05) is 30.3 Å². The van der Waals surface area contributed by atoms with E-state index < -0.39 is 11.5 Å². The highest BCUT2D eigenvalue weighted by atomic mass is 16.4. The van der Waals surface area contributed by atoms with E-state index in [2.05, 4.69) is 4.90 Å². The molecule has 3 nitrogen and oxygen atoms in total. The fourth-order valence-corrected chi connectivity index (χ4v) is 2.78. The number of hydrogen-bond donors (Lipinski definition) is 1. The zero-order valence-corrected chi connectivity index (χ0v) is 10.0. The Hall–Kier alpha value is -1.35. The van der Waals surface area contributed by atoms with Crippen molar-refractivity contribution < 1.29 is 9.90 Å². The molecule has 1 atom stereocenters. The van der Waals surface area contributed by atoms with Gasteiger partial charge < -0.3 is 5.11 Å². The molecule has 1 spiro atoms. The number of carboxylic acid groups (broad SMARTS) is 1. The molecule has 1 aliphatic heterocycles. The van der Waals surface area contributed by atoms with E-state index in [0.29, 0.717) is 5.41 Å². The van der Waals surface area contributed by atoms with Gasteiger partial charge in [0.15, 0.2) is 0 Å². The van der Waals surface area contributed by atoms with Crippen molar-refractivity contribution in [1.29, 1.82) is 0 Å². The van der Waals surface area contributed by atoms with Crippen molar-refractivity contribution in [2.24, 2.45) is 5.41 Å². The van der Waals surface area contributed by atoms with Gasteiger partial charge in [0.2, 0.25) is 0 Å². The summed E-state index contributed by atoms with van der Waals surface area (Å²) in [6.07, 6.45) is 2.54. The van der Waals surface area contributed by atoms with Crippen molar-refractivity contribution in [2.75, 3.05) is 13.1 Å².